The van der Waals surface area contributed by atoms with E-state index in [4.69, 9.17) is 4.74 Å². The summed E-state index contributed by atoms with van der Waals surface area (Å²) in [5, 5.41) is 3.30. The first-order valence-electron chi connectivity index (χ1n) is 6.52. The van der Waals surface area contributed by atoms with Crippen molar-refractivity contribution in [3.63, 3.8) is 0 Å². The molecule has 0 radical (unpaired) electrons. The third-order valence-electron chi connectivity index (χ3n) is 3.23. The molecule has 0 aliphatic rings. The maximum Gasteiger partial charge on any atom is 0.217 e. The van der Waals surface area contributed by atoms with Gasteiger partial charge in [-0.25, -0.2) is 4.98 Å². The summed E-state index contributed by atoms with van der Waals surface area (Å²) in [6.45, 7) is 8.68. The second-order valence-electron chi connectivity index (χ2n) is 5.39. The molecule has 0 amide bonds. The second-order valence-corrected chi connectivity index (χ2v) is 6.31. The van der Waals surface area contributed by atoms with Gasteiger partial charge in [0.2, 0.25) is 5.88 Å². The van der Waals surface area contributed by atoms with Gasteiger partial charge in [-0.15, -0.1) is 0 Å². The van der Waals surface area contributed by atoms with E-state index < -0.39 is 0 Å². The number of likely N-dealkylation sites (N-methyl/N-ethyl adjacent to an activating group) is 1. The van der Waals surface area contributed by atoms with Crippen molar-refractivity contribution in [2.45, 2.75) is 32.9 Å². The largest absolute Gasteiger partial charge is 0.475 e. The first kappa shape index (κ1) is 16.4. The zero-order chi connectivity index (χ0) is 14.5. The topological polar surface area (TPSA) is 37.4 Å². The van der Waals surface area contributed by atoms with Gasteiger partial charge in [0.1, 0.15) is 6.61 Å². The molecule has 1 N–H and O–H groups in total. The molecular formula is C14H24BrN3O. The Bertz CT molecular complexity index is 408. The lowest BCUT2D eigenvalue weighted by Gasteiger charge is -2.32. The number of hydrogen-bond acceptors (Lipinski definition) is 4. The monoisotopic (exact) mass is 329 g/mol. The van der Waals surface area contributed by atoms with Gasteiger partial charge in [-0.3, -0.25) is 0 Å². The van der Waals surface area contributed by atoms with Crippen LogP contribution in [-0.4, -0.2) is 42.7 Å². The van der Waals surface area contributed by atoms with Gasteiger partial charge in [0.25, 0.3) is 0 Å². The first-order valence-corrected chi connectivity index (χ1v) is 7.31. The number of rotatable bonds is 7. The molecule has 1 heterocycles. The van der Waals surface area contributed by atoms with Crippen LogP contribution in [0.25, 0.3) is 0 Å². The summed E-state index contributed by atoms with van der Waals surface area (Å²) in [6.07, 6.45) is 1.77. The van der Waals surface area contributed by atoms with Crippen LogP contribution in [0.15, 0.2) is 16.7 Å². The molecule has 4 nitrogen and oxygen atoms in total. The minimum atomic E-state index is -0.0236. The average molecular weight is 330 g/mol. The number of pyridine rings is 1. The summed E-state index contributed by atoms with van der Waals surface area (Å²) in [6, 6.07) is 2.05. The van der Waals surface area contributed by atoms with E-state index in [1.807, 2.05) is 6.07 Å². The van der Waals surface area contributed by atoms with Crippen molar-refractivity contribution in [2.75, 3.05) is 27.2 Å². The molecule has 0 aliphatic heterocycles. The Balaban J connectivity index is 2.77. The van der Waals surface area contributed by atoms with Gasteiger partial charge >= 0.3 is 0 Å². The van der Waals surface area contributed by atoms with E-state index in [2.05, 4.69) is 66.0 Å². The summed E-state index contributed by atoms with van der Waals surface area (Å²) in [5.41, 5.74) is 1.05. The lowest BCUT2D eigenvalue weighted by molar-refractivity contribution is 0.110. The number of hydrogen-bond donors (Lipinski definition) is 1. The quantitative estimate of drug-likeness (QED) is 0.834. The highest BCUT2D eigenvalue weighted by atomic mass is 79.9. The molecule has 0 fully saturated rings. The molecule has 0 saturated heterocycles. The molecule has 1 rings (SSSR count). The summed E-state index contributed by atoms with van der Waals surface area (Å²) < 4.78 is 6.87. The van der Waals surface area contributed by atoms with Crippen LogP contribution in [0.3, 0.4) is 0 Å². The van der Waals surface area contributed by atoms with E-state index in [1.54, 1.807) is 6.20 Å². The summed E-state index contributed by atoms with van der Waals surface area (Å²) in [5.74, 6) is 0.707. The molecule has 0 bridgehead atoms. The maximum atomic E-state index is 5.90. The fraction of sp³-hybridized carbons (Fsp3) is 0.643. The number of nitrogens with one attached hydrogen (secondary N) is 1. The smallest absolute Gasteiger partial charge is 0.217 e. The normalized spacial score (nSPS) is 11.9. The Morgan fingerprint density at radius 3 is 2.68 bits per heavy atom. The van der Waals surface area contributed by atoms with Crippen LogP contribution in [0.1, 0.15) is 26.3 Å². The van der Waals surface area contributed by atoms with Crippen molar-refractivity contribution in [1.82, 2.24) is 15.2 Å². The molecule has 0 atom stereocenters. The summed E-state index contributed by atoms with van der Waals surface area (Å²) in [4.78, 5) is 6.51. The number of halogens is 1. The van der Waals surface area contributed by atoms with Crippen LogP contribution < -0.4 is 10.1 Å². The molecule has 0 spiro atoms. The van der Waals surface area contributed by atoms with Crippen LogP contribution in [0.2, 0.25) is 0 Å². The van der Waals surface area contributed by atoms with Gasteiger partial charge in [-0.05, 0) is 56.5 Å². The van der Waals surface area contributed by atoms with Crippen molar-refractivity contribution < 1.29 is 4.74 Å². The Kier molecular flexibility index (Phi) is 6.23. The number of aromatic nitrogens is 1. The molecule has 0 saturated carbocycles. The third kappa shape index (κ3) is 5.09. The predicted octanol–water partition coefficient (Wildman–Crippen LogP) is 2.67. The van der Waals surface area contributed by atoms with E-state index in [9.17, 15) is 0 Å². The molecule has 5 heteroatoms. The summed E-state index contributed by atoms with van der Waals surface area (Å²) in [7, 11) is 4.11. The SMILES string of the molecule is CCNCc1cc(Br)cnc1OCC(C)(C)N(C)C. The zero-order valence-electron chi connectivity index (χ0n) is 12.5. The zero-order valence-corrected chi connectivity index (χ0v) is 14.0. The van der Waals surface area contributed by atoms with E-state index >= 15 is 0 Å². The highest BCUT2D eigenvalue weighted by molar-refractivity contribution is 9.10. The van der Waals surface area contributed by atoms with Crippen molar-refractivity contribution in [2.24, 2.45) is 0 Å². The van der Waals surface area contributed by atoms with Crippen LogP contribution in [-0.2, 0) is 6.54 Å². The number of nitrogens with zero attached hydrogens (tertiary/aromatic N) is 2. The van der Waals surface area contributed by atoms with Crippen molar-refractivity contribution in [3.8, 4) is 5.88 Å². The van der Waals surface area contributed by atoms with Crippen molar-refractivity contribution in [3.05, 3.63) is 22.3 Å². The van der Waals surface area contributed by atoms with Crippen LogP contribution in [0, 0.1) is 0 Å². The Morgan fingerprint density at radius 2 is 2.11 bits per heavy atom. The predicted molar refractivity (Wildman–Crippen MR) is 82.6 cm³/mol. The van der Waals surface area contributed by atoms with Crippen LogP contribution in [0.5, 0.6) is 5.88 Å². The third-order valence-corrected chi connectivity index (χ3v) is 3.66. The van der Waals surface area contributed by atoms with Gasteiger partial charge in [0, 0.05) is 28.3 Å². The lowest BCUT2D eigenvalue weighted by atomic mass is 10.1. The van der Waals surface area contributed by atoms with E-state index in [-0.39, 0.29) is 5.54 Å². The van der Waals surface area contributed by atoms with E-state index in [0.717, 1.165) is 23.1 Å². The van der Waals surface area contributed by atoms with Crippen molar-refractivity contribution in [1.29, 1.82) is 0 Å². The molecule has 1 aromatic rings. The van der Waals surface area contributed by atoms with Crippen LogP contribution in [0.4, 0.5) is 0 Å². The van der Waals surface area contributed by atoms with Gasteiger partial charge in [-0.1, -0.05) is 6.92 Å². The van der Waals surface area contributed by atoms with Gasteiger partial charge < -0.3 is 15.0 Å². The van der Waals surface area contributed by atoms with Gasteiger partial charge in [-0.2, -0.15) is 0 Å². The second kappa shape index (κ2) is 7.22. The van der Waals surface area contributed by atoms with E-state index in [1.165, 1.54) is 0 Å². The molecule has 0 aromatic carbocycles. The van der Waals surface area contributed by atoms with E-state index in [0.29, 0.717) is 12.5 Å². The molecular weight excluding hydrogens is 306 g/mol. The van der Waals surface area contributed by atoms with Gasteiger partial charge in [0.05, 0.1) is 0 Å². The standard InChI is InChI=1S/C14H24BrN3O/c1-6-16-8-11-7-12(15)9-17-13(11)19-10-14(2,3)18(4)5/h7,9,16H,6,8,10H2,1-5H3. The molecule has 0 unspecified atom stereocenters. The fourth-order valence-corrected chi connectivity index (χ4v) is 1.74. The molecule has 108 valence electrons. The highest BCUT2D eigenvalue weighted by Gasteiger charge is 2.22. The fourth-order valence-electron chi connectivity index (χ4n) is 1.36. The van der Waals surface area contributed by atoms with Crippen molar-refractivity contribution >= 4 is 15.9 Å². The lowest BCUT2D eigenvalue weighted by Crippen LogP contribution is -2.43. The summed E-state index contributed by atoms with van der Waals surface area (Å²) >= 11 is 3.45. The van der Waals surface area contributed by atoms with Crippen LogP contribution >= 0.6 is 15.9 Å². The average Bonchev–Trinajstić information content (AvgIpc) is 2.35. The minimum absolute atomic E-state index is 0.0236. The Morgan fingerprint density at radius 1 is 1.42 bits per heavy atom. The minimum Gasteiger partial charge on any atom is -0.475 e. The Labute approximate surface area is 124 Å². The molecule has 19 heavy (non-hydrogen) atoms. The Hall–Kier alpha value is -0.650. The first-order chi connectivity index (χ1) is 8.86. The molecule has 1 aromatic heterocycles. The highest BCUT2D eigenvalue weighted by Crippen LogP contribution is 2.21. The van der Waals surface area contributed by atoms with Gasteiger partial charge in [0.15, 0.2) is 0 Å². The molecule has 0 aliphatic carbocycles. The maximum absolute atomic E-state index is 5.90. The number of ether oxygens (including phenoxy) is 1.